The van der Waals surface area contributed by atoms with Gasteiger partial charge in [0.15, 0.2) is 0 Å². The Balaban J connectivity index is 1.20. The average Bonchev–Trinajstić information content (AvgIpc) is 3.04. The number of ether oxygens (including phenoxy) is 4. The molecule has 0 N–H and O–H groups in total. The summed E-state index contributed by atoms with van der Waals surface area (Å²) in [6.45, 7) is 1.06. The van der Waals surface area contributed by atoms with Gasteiger partial charge in [0.05, 0.1) is 26.4 Å². The van der Waals surface area contributed by atoms with Gasteiger partial charge in [0.2, 0.25) is 46.2 Å². The summed E-state index contributed by atoms with van der Waals surface area (Å²) >= 11 is 6.68. The number of ketones is 4. The molecule has 1 heterocycles. The summed E-state index contributed by atoms with van der Waals surface area (Å²) in [5.41, 5.74) is 1.34. The van der Waals surface area contributed by atoms with E-state index in [-0.39, 0.29) is 72.6 Å². The number of carbonyl (C=O) groups is 4. The molecule has 0 aromatic heterocycles. The third kappa shape index (κ3) is 7.88. The van der Waals surface area contributed by atoms with Crippen LogP contribution in [0.15, 0.2) is 71.6 Å². The smallest absolute Gasteiger partial charge is 0.232 e. The fourth-order valence-electron chi connectivity index (χ4n) is 4.64. The van der Waals surface area contributed by atoms with Gasteiger partial charge in [-0.3, -0.25) is 19.2 Å². The number of hydrogen-bond donors (Lipinski definition) is 0. The van der Waals surface area contributed by atoms with Crippen molar-refractivity contribution in [2.45, 2.75) is 0 Å². The van der Waals surface area contributed by atoms with E-state index in [0.717, 1.165) is 23.0 Å². The van der Waals surface area contributed by atoms with E-state index in [4.69, 9.17) is 18.9 Å². The molecule has 0 bridgehead atoms. The molecule has 2 aliphatic carbocycles. The second-order valence-electron chi connectivity index (χ2n) is 9.57. The molecule has 0 unspecified atom stereocenters. The molecule has 3 aliphatic rings. The normalized spacial score (nSPS) is 20.0. The van der Waals surface area contributed by atoms with Gasteiger partial charge in [-0.25, -0.2) is 0 Å². The van der Waals surface area contributed by atoms with Crippen molar-refractivity contribution in [1.82, 2.24) is 0 Å². The summed E-state index contributed by atoms with van der Waals surface area (Å²) in [5.74, 6) is 4.51. The molecule has 2 aromatic carbocycles. The Morgan fingerprint density at radius 3 is 0.818 bits per heavy atom. The number of thioether (sulfide) groups is 4. The van der Waals surface area contributed by atoms with E-state index in [1.165, 1.54) is 0 Å². The summed E-state index contributed by atoms with van der Waals surface area (Å²) in [5, 5.41) is 0. The van der Waals surface area contributed by atoms with Gasteiger partial charge in [-0.1, -0.05) is 48.5 Å². The van der Waals surface area contributed by atoms with Crippen molar-refractivity contribution in [1.29, 1.82) is 0 Å². The highest BCUT2D eigenvalue weighted by molar-refractivity contribution is 8.03. The minimum Gasteiger partial charge on any atom is -0.485 e. The molecule has 1 aliphatic heterocycles. The quantitative estimate of drug-likeness (QED) is 0.349. The van der Waals surface area contributed by atoms with Crippen molar-refractivity contribution in [3.05, 3.63) is 93.8 Å². The Bertz CT molecular complexity index is 1250. The molecule has 0 radical (unpaired) electrons. The Hall–Kier alpha value is -2.80. The van der Waals surface area contributed by atoms with Crippen LogP contribution in [0.3, 0.4) is 0 Å². The molecule has 232 valence electrons. The second-order valence-corrected chi connectivity index (χ2v) is 14.5. The summed E-state index contributed by atoms with van der Waals surface area (Å²) < 4.78 is 23.5. The zero-order valence-corrected chi connectivity index (χ0v) is 27.3. The van der Waals surface area contributed by atoms with Crippen molar-refractivity contribution >= 4 is 70.2 Å². The molecule has 2 aromatic rings. The zero-order valence-electron chi connectivity index (χ0n) is 24.0. The van der Waals surface area contributed by atoms with Gasteiger partial charge >= 0.3 is 0 Å². The second kappa shape index (κ2) is 16.5. The van der Waals surface area contributed by atoms with E-state index in [1.54, 1.807) is 95.6 Å². The highest BCUT2D eigenvalue weighted by Gasteiger charge is 2.36. The average molecular weight is 673 g/mol. The molecular weight excluding hydrogens is 641 g/mol. The summed E-state index contributed by atoms with van der Waals surface area (Å²) in [6, 6.07) is 13.5. The van der Waals surface area contributed by atoms with E-state index in [1.807, 2.05) is 0 Å². The predicted molar refractivity (Wildman–Crippen MR) is 177 cm³/mol. The minimum atomic E-state index is -0.330. The van der Waals surface area contributed by atoms with Gasteiger partial charge in [0.1, 0.15) is 0 Å². The monoisotopic (exact) mass is 672 g/mol. The maximum atomic E-state index is 13.2. The van der Waals surface area contributed by atoms with Gasteiger partial charge in [-0.15, -0.1) is 0 Å². The van der Waals surface area contributed by atoms with Crippen LogP contribution >= 0.6 is 47.0 Å². The van der Waals surface area contributed by atoms with Crippen LogP contribution in [0.1, 0.15) is 41.4 Å². The number of benzene rings is 2. The van der Waals surface area contributed by atoms with Crippen LogP contribution in [-0.2, 0) is 18.9 Å². The number of fused-ring (bicyclic) bond motifs is 2. The number of carbonyl (C=O) groups excluding carboxylic acids is 4. The Labute approximate surface area is 273 Å². The number of rotatable bonds is 0. The third-order valence-electron chi connectivity index (χ3n) is 6.71. The van der Waals surface area contributed by atoms with Crippen LogP contribution in [0.25, 0.3) is 0 Å². The molecule has 0 amide bonds. The number of allylic oxidation sites excluding steroid dienone is 4. The van der Waals surface area contributed by atoms with E-state index < -0.39 is 0 Å². The van der Waals surface area contributed by atoms with E-state index in [9.17, 15) is 19.2 Å². The van der Waals surface area contributed by atoms with Gasteiger partial charge < -0.3 is 18.9 Å². The third-order valence-corrected chi connectivity index (χ3v) is 11.0. The Morgan fingerprint density at radius 2 is 0.591 bits per heavy atom. The Morgan fingerprint density at radius 1 is 0.364 bits per heavy atom. The molecular formula is C32H32O8S4. The first-order chi connectivity index (χ1) is 21.6. The first-order valence-corrected chi connectivity index (χ1v) is 18.9. The van der Waals surface area contributed by atoms with Crippen molar-refractivity contribution in [3.8, 4) is 0 Å². The van der Waals surface area contributed by atoms with Crippen molar-refractivity contribution in [2.75, 3.05) is 72.5 Å². The summed E-state index contributed by atoms with van der Waals surface area (Å²) in [6.07, 6.45) is 0. The predicted octanol–water partition coefficient (Wildman–Crippen LogP) is 5.58. The lowest BCUT2D eigenvalue weighted by Gasteiger charge is -2.21. The fraction of sp³-hybridized carbons (Fsp3) is 0.375. The maximum Gasteiger partial charge on any atom is 0.232 e. The van der Waals surface area contributed by atoms with E-state index in [2.05, 4.69) is 0 Å². The van der Waals surface area contributed by atoms with Gasteiger partial charge in [-0.2, -0.15) is 47.0 Å². The molecule has 44 heavy (non-hydrogen) atoms. The first kappa shape index (κ1) is 32.6. The standard InChI is InChI=1S/C32H32O8S4/c33-25-21-5-1-2-6-22(21)26(34)30-29(25)37-9-13-41-17-18-43-15-11-39-31-27(35)23-7-3-4-8-24(23)28(36)32(31)40-12-16-44-20-19-42-14-10-38-30/h1-8H,9-20H2. The highest BCUT2D eigenvalue weighted by atomic mass is 32.2. The molecule has 5 rings (SSSR count). The van der Waals surface area contributed by atoms with Crippen molar-refractivity contribution in [3.63, 3.8) is 0 Å². The van der Waals surface area contributed by atoms with Crippen LogP contribution in [0.2, 0.25) is 0 Å². The Kier molecular flexibility index (Phi) is 12.2. The number of Topliss-reactive ketones (excluding diaryl/α,β-unsaturated/α-hetero) is 4. The largest absolute Gasteiger partial charge is 0.485 e. The van der Waals surface area contributed by atoms with Gasteiger partial charge in [0.25, 0.3) is 0 Å². The van der Waals surface area contributed by atoms with Gasteiger partial charge in [0, 0.05) is 68.3 Å². The van der Waals surface area contributed by atoms with E-state index >= 15 is 0 Å². The van der Waals surface area contributed by atoms with Crippen LogP contribution in [0.5, 0.6) is 0 Å². The lowest BCUT2D eigenvalue weighted by Crippen LogP contribution is -2.26. The molecule has 0 saturated carbocycles. The first-order valence-electron chi connectivity index (χ1n) is 14.3. The molecule has 8 nitrogen and oxygen atoms in total. The zero-order chi connectivity index (χ0) is 30.7. The van der Waals surface area contributed by atoms with Gasteiger partial charge in [-0.05, 0) is 0 Å². The highest BCUT2D eigenvalue weighted by Crippen LogP contribution is 2.30. The summed E-state index contributed by atoms with van der Waals surface area (Å²) in [4.78, 5) is 52.8. The lowest BCUT2D eigenvalue weighted by atomic mass is 9.92. The van der Waals surface area contributed by atoms with E-state index in [0.29, 0.717) is 45.3 Å². The van der Waals surface area contributed by atoms with Crippen molar-refractivity contribution < 1.29 is 38.1 Å². The lowest BCUT2D eigenvalue weighted by molar-refractivity contribution is 0.0775. The maximum absolute atomic E-state index is 13.2. The molecule has 0 atom stereocenters. The van der Waals surface area contributed by atoms with Crippen LogP contribution < -0.4 is 0 Å². The van der Waals surface area contributed by atoms with Crippen LogP contribution in [-0.4, -0.2) is 95.6 Å². The fourth-order valence-corrected chi connectivity index (χ4v) is 8.15. The SMILES string of the molecule is O=C1C2=C(OCCSCCSCCOC3=C(OCCSCCSCCO2)C(=O)c2ccccc2C3=O)C(=O)c2ccccc21. The number of hydrogen-bond acceptors (Lipinski definition) is 12. The topological polar surface area (TPSA) is 105 Å². The molecule has 0 spiro atoms. The van der Waals surface area contributed by atoms with Crippen LogP contribution in [0, 0.1) is 0 Å². The van der Waals surface area contributed by atoms with Crippen molar-refractivity contribution in [2.24, 2.45) is 0 Å². The summed E-state index contributed by atoms with van der Waals surface area (Å²) in [7, 11) is 0. The minimum absolute atomic E-state index is 0.0112. The van der Waals surface area contributed by atoms with Crippen LogP contribution in [0.4, 0.5) is 0 Å². The molecule has 12 heteroatoms. The molecule has 0 fully saturated rings. The molecule has 0 saturated heterocycles.